The molecule has 8 heteroatoms. The highest BCUT2D eigenvalue weighted by Gasteiger charge is 2.08. The van der Waals surface area contributed by atoms with E-state index < -0.39 is 0 Å². The maximum absolute atomic E-state index is 11.7. The third-order valence-electron chi connectivity index (χ3n) is 2.62. The lowest BCUT2D eigenvalue weighted by atomic mass is 10.3. The van der Waals surface area contributed by atoms with E-state index in [1.54, 1.807) is 6.92 Å². The smallest absolute Gasteiger partial charge is 0.348 e. The molecule has 2 heterocycles. The fourth-order valence-corrected chi connectivity index (χ4v) is 1.73. The molecule has 0 aliphatic heterocycles. The number of aromatic nitrogens is 5. The lowest BCUT2D eigenvalue weighted by molar-refractivity contribution is 0.0947. The third kappa shape index (κ3) is 3.03. The zero-order chi connectivity index (χ0) is 13.8. The summed E-state index contributed by atoms with van der Waals surface area (Å²) >= 11 is 0. The Hall–Kier alpha value is -2.51. The van der Waals surface area contributed by atoms with Gasteiger partial charge in [0.1, 0.15) is 0 Å². The van der Waals surface area contributed by atoms with Crippen molar-refractivity contribution in [1.29, 1.82) is 0 Å². The van der Waals surface area contributed by atoms with Gasteiger partial charge in [0.25, 0.3) is 5.91 Å². The van der Waals surface area contributed by atoms with E-state index in [1.807, 2.05) is 13.0 Å². The van der Waals surface area contributed by atoms with Gasteiger partial charge in [0.05, 0.1) is 6.20 Å². The van der Waals surface area contributed by atoms with Crippen molar-refractivity contribution >= 4 is 5.91 Å². The van der Waals surface area contributed by atoms with Gasteiger partial charge in [-0.05, 0) is 19.9 Å². The van der Waals surface area contributed by atoms with Crippen LogP contribution in [0.5, 0.6) is 0 Å². The number of H-pyrrole nitrogens is 1. The van der Waals surface area contributed by atoms with Crippen molar-refractivity contribution in [2.24, 2.45) is 0 Å². The standard InChI is InChI=1S/C11H14N6O2/c1-7-5-8(2)17(11(19)14-7)4-3-12-10(18)9-6-13-16-15-9/h5-6H,3-4H2,1-2H3,(H,12,18)(H,13,15,16). The first-order valence-corrected chi connectivity index (χ1v) is 5.77. The van der Waals surface area contributed by atoms with Crippen LogP contribution in [0.1, 0.15) is 21.9 Å². The lowest BCUT2D eigenvalue weighted by Crippen LogP contribution is -2.33. The predicted octanol–water partition coefficient (Wildman–Crippen LogP) is -0.592. The minimum atomic E-state index is -0.334. The largest absolute Gasteiger partial charge is 0.349 e. The van der Waals surface area contributed by atoms with Crippen LogP contribution in [-0.2, 0) is 6.54 Å². The topological polar surface area (TPSA) is 106 Å². The maximum atomic E-state index is 11.7. The molecule has 0 fully saturated rings. The minimum absolute atomic E-state index is 0.214. The highest BCUT2D eigenvalue weighted by molar-refractivity contribution is 5.91. The van der Waals surface area contributed by atoms with Crippen LogP contribution < -0.4 is 11.0 Å². The van der Waals surface area contributed by atoms with Gasteiger partial charge in [-0.1, -0.05) is 0 Å². The molecule has 2 rings (SSSR count). The Kier molecular flexibility index (Phi) is 3.69. The Balaban J connectivity index is 1.97. The summed E-state index contributed by atoms with van der Waals surface area (Å²) in [6, 6.07) is 1.82. The number of aromatic amines is 1. The first kappa shape index (κ1) is 12.9. The van der Waals surface area contributed by atoms with E-state index in [2.05, 4.69) is 25.7 Å². The average Bonchev–Trinajstić information content (AvgIpc) is 2.85. The first-order valence-electron chi connectivity index (χ1n) is 5.77. The molecule has 0 atom stereocenters. The second-order valence-corrected chi connectivity index (χ2v) is 4.08. The van der Waals surface area contributed by atoms with E-state index in [0.717, 1.165) is 5.69 Å². The number of nitrogens with zero attached hydrogens (tertiary/aromatic N) is 4. The summed E-state index contributed by atoms with van der Waals surface area (Å²) in [5.41, 5.74) is 1.40. The Morgan fingerprint density at radius 1 is 1.47 bits per heavy atom. The highest BCUT2D eigenvalue weighted by atomic mass is 16.2. The van der Waals surface area contributed by atoms with Crippen LogP contribution in [0.4, 0.5) is 0 Å². The quantitative estimate of drug-likeness (QED) is 0.766. The normalized spacial score (nSPS) is 10.4. The number of hydrogen-bond donors (Lipinski definition) is 2. The lowest BCUT2D eigenvalue weighted by Gasteiger charge is -2.09. The summed E-state index contributed by atoms with van der Waals surface area (Å²) in [6.07, 6.45) is 1.33. The SMILES string of the molecule is Cc1cc(C)n(CCNC(=O)c2cn[nH]n2)c(=O)n1. The van der Waals surface area contributed by atoms with Crippen LogP contribution in [0.2, 0.25) is 0 Å². The molecule has 2 aromatic rings. The Bertz CT molecular complexity index is 631. The summed E-state index contributed by atoms with van der Waals surface area (Å²) in [5.74, 6) is -0.334. The highest BCUT2D eigenvalue weighted by Crippen LogP contribution is 1.96. The summed E-state index contributed by atoms with van der Waals surface area (Å²) in [7, 11) is 0. The van der Waals surface area contributed by atoms with Crippen LogP contribution in [0.25, 0.3) is 0 Å². The van der Waals surface area contributed by atoms with Crippen LogP contribution in [0.15, 0.2) is 17.1 Å². The Morgan fingerprint density at radius 2 is 2.26 bits per heavy atom. The van der Waals surface area contributed by atoms with Gasteiger partial charge in [-0.25, -0.2) is 4.79 Å². The number of rotatable bonds is 4. The summed E-state index contributed by atoms with van der Waals surface area (Å²) in [5, 5.41) is 12.2. The van der Waals surface area contributed by atoms with Crippen molar-refractivity contribution in [3.63, 3.8) is 0 Å². The van der Waals surface area contributed by atoms with Gasteiger partial charge in [-0.3, -0.25) is 9.36 Å². The van der Waals surface area contributed by atoms with Gasteiger partial charge in [0.2, 0.25) is 0 Å². The molecule has 0 aromatic carbocycles. The molecule has 2 aromatic heterocycles. The van der Waals surface area contributed by atoms with Gasteiger partial charge >= 0.3 is 5.69 Å². The molecule has 19 heavy (non-hydrogen) atoms. The van der Waals surface area contributed by atoms with Crippen molar-refractivity contribution in [3.05, 3.63) is 39.8 Å². The molecule has 0 saturated heterocycles. The molecule has 1 amide bonds. The number of amides is 1. The molecule has 2 N–H and O–H groups in total. The van der Waals surface area contributed by atoms with Crippen molar-refractivity contribution in [3.8, 4) is 0 Å². The monoisotopic (exact) mass is 262 g/mol. The number of hydrogen-bond acceptors (Lipinski definition) is 5. The molecule has 100 valence electrons. The molecule has 0 aliphatic carbocycles. The Labute approximate surface area is 108 Å². The van der Waals surface area contributed by atoms with Crippen molar-refractivity contribution in [2.75, 3.05) is 6.54 Å². The summed E-state index contributed by atoms with van der Waals surface area (Å²) in [6.45, 7) is 4.28. The second kappa shape index (κ2) is 5.42. The van der Waals surface area contributed by atoms with Crippen molar-refractivity contribution < 1.29 is 4.79 Å². The molecule has 0 bridgehead atoms. The van der Waals surface area contributed by atoms with Gasteiger partial charge in [-0.15, -0.1) is 0 Å². The van der Waals surface area contributed by atoms with E-state index in [4.69, 9.17) is 0 Å². The zero-order valence-electron chi connectivity index (χ0n) is 10.7. The van der Waals surface area contributed by atoms with Crippen LogP contribution in [-0.4, -0.2) is 37.4 Å². The van der Waals surface area contributed by atoms with Crippen LogP contribution in [0.3, 0.4) is 0 Å². The number of aryl methyl sites for hydroxylation is 2. The van der Waals surface area contributed by atoms with E-state index in [0.29, 0.717) is 18.8 Å². The molecular weight excluding hydrogens is 248 g/mol. The first-order chi connectivity index (χ1) is 9.08. The van der Waals surface area contributed by atoms with Gasteiger partial charge in [0.15, 0.2) is 5.69 Å². The van der Waals surface area contributed by atoms with E-state index >= 15 is 0 Å². The molecule has 8 nitrogen and oxygen atoms in total. The summed E-state index contributed by atoms with van der Waals surface area (Å²) in [4.78, 5) is 27.1. The van der Waals surface area contributed by atoms with Gasteiger partial charge < -0.3 is 5.32 Å². The molecule has 0 saturated carbocycles. The molecule has 0 unspecified atom stereocenters. The van der Waals surface area contributed by atoms with Gasteiger partial charge in [-0.2, -0.15) is 20.4 Å². The fraction of sp³-hybridized carbons (Fsp3) is 0.364. The number of carbonyl (C=O) groups excluding carboxylic acids is 1. The number of nitrogens with one attached hydrogen (secondary N) is 2. The van der Waals surface area contributed by atoms with Crippen LogP contribution >= 0.6 is 0 Å². The molecule has 0 spiro atoms. The van der Waals surface area contributed by atoms with Crippen LogP contribution in [0, 0.1) is 13.8 Å². The minimum Gasteiger partial charge on any atom is -0.349 e. The molecule has 0 aliphatic rings. The Morgan fingerprint density at radius 3 is 2.89 bits per heavy atom. The average molecular weight is 262 g/mol. The van der Waals surface area contributed by atoms with E-state index in [9.17, 15) is 9.59 Å². The van der Waals surface area contributed by atoms with E-state index in [1.165, 1.54) is 10.8 Å². The molecular formula is C11H14N6O2. The van der Waals surface area contributed by atoms with E-state index in [-0.39, 0.29) is 17.3 Å². The third-order valence-corrected chi connectivity index (χ3v) is 2.62. The molecule has 0 radical (unpaired) electrons. The van der Waals surface area contributed by atoms with Gasteiger partial charge in [0, 0.05) is 24.5 Å². The summed E-state index contributed by atoms with van der Waals surface area (Å²) < 4.78 is 1.51. The zero-order valence-corrected chi connectivity index (χ0v) is 10.7. The van der Waals surface area contributed by atoms with Crippen molar-refractivity contribution in [1.82, 2.24) is 30.3 Å². The number of carbonyl (C=O) groups is 1. The maximum Gasteiger partial charge on any atom is 0.348 e. The van der Waals surface area contributed by atoms with Crippen molar-refractivity contribution in [2.45, 2.75) is 20.4 Å². The predicted molar refractivity (Wildman–Crippen MR) is 66.7 cm³/mol. The fourth-order valence-electron chi connectivity index (χ4n) is 1.73. The second-order valence-electron chi connectivity index (χ2n) is 4.08.